The molecule has 2 N–H and O–H groups in total. The maximum atomic E-state index is 12.6. The fourth-order valence-corrected chi connectivity index (χ4v) is 2.90. The molecule has 2 aromatic rings. The smallest absolute Gasteiger partial charge is 0.407 e. The van der Waals surface area contributed by atoms with Crippen LogP contribution in [0.25, 0.3) is 0 Å². The van der Waals surface area contributed by atoms with E-state index in [0.29, 0.717) is 12.0 Å². The molecule has 2 amide bonds. The maximum Gasteiger partial charge on any atom is 0.407 e. The number of carbonyl (C=O) groups is 2. The summed E-state index contributed by atoms with van der Waals surface area (Å²) in [6.45, 7) is 5.41. The lowest BCUT2D eigenvalue weighted by Gasteiger charge is -2.29. The molecule has 0 aliphatic heterocycles. The molecule has 0 aliphatic rings. The Morgan fingerprint density at radius 1 is 1.03 bits per heavy atom. The Labute approximate surface area is 172 Å². The first-order valence-corrected chi connectivity index (χ1v) is 9.68. The van der Waals surface area contributed by atoms with Crippen LogP contribution in [0.1, 0.15) is 36.7 Å². The second kappa shape index (κ2) is 10.1. The number of aliphatic hydroxyl groups is 1. The molecule has 6 nitrogen and oxygen atoms in total. The predicted octanol–water partition coefficient (Wildman–Crippen LogP) is 3.26. The van der Waals surface area contributed by atoms with Crippen LogP contribution in [0, 0.1) is 0 Å². The van der Waals surface area contributed by atoms with Crippen LogP contribution < -0.4 is 5.32 Å². The van der Waals surface area contributed by atoms with E-state index in [1.807, 2.05) is 36.4 Å². The van der Waals surface area contributed by atoms with E-state index in [9.17, 15) is 14.7 Å². The van der Waals surface area contributed by atoms with Crippen LogP contribution >= 0.6 is 0 Å². The molecule has 0 bridgehead atoms. The van der Waals surface area contributed by atoms with Crippen LogP contribution in [0.3, 0.4) is 0 Å². The Kier molecular flexibility index (Phi) is 7.79. The van der Waals surface area contributed by atoms with Crippen LogP contribution in [0.15, 0.2) is 60.7 Å². The monoisotopic (exact) mass is 398 g/mol. The molecule has 29 heavy (non-hydrogen) atoms. The van der Waals surface area contributed by atoms with E-state index >= 15 is 0 Å². The van der Waals surface area contributed by atoms with Gasteiger partial charge in [0, 0.05) is 19.2 Å². The number of ether oxygens (including phenoxy) is 1. The lowest BCUT2D eigenvalue weighted by atomic mass is 10.0. The Balaban J connectivity index is 2.09. The fourth-order valence-electron chi connectivity index (χ4n) is 2.90. The highest BCUT2D eigenvalue weighted by atomic mass is 16.6. The minimum Gasteiger partial charge on any atom is -0.444 e. The highest BCUT2D eigenvalue weighted by Crippen LogP contribution is 2.12. The molecule has 0 unspecified atom stereocenters. The third-order valence-corrected chi connectivity index (χ3v) is 4.29. The van der Waals surface area contributed by atoms with E-state index in [0.717, 1.165) is 5.56 Å². The molecule has 0 saturated heterocycles. The van der Waals surface area contributed by atoms with E-state index in [-0.39, 0.29) is 12.5 Å². The summed E-state index contributed by atoms with van der Waals surface area (Å²) in [7, 11) is 1.63. The minimum absolute atomic E-state index is 0.0705. The first-order valence-electron chi connectivity index (χ1n) is 9.68. The average Bonchev–Trinajstić information content (AvgIpc) is 2.66. The van der Waals surface area contributed by atoms with Crippen LogP contribution in [-0.2, 0) is 11.2 Å². The first kappa shape index (κ1) is 22.4. The van der Waals surface area contributed by atoms with E-state index in [1.54, 1.807) is 52.1 Å². The molecule has 0 radical (unpaired) electrons. The van der Waals surface area contributed by atoms with Crippen LogP contribution in [0.2, 0.25) is 0 Å². The fraction of sp³-hybridized carbons (Fsp3) is 0.391. The largest absolute Gasteiger partial charge is 0.444 e. The van der Waals surface area contributed by atoms with Gasteiger partial charge in [0.05, 0.1) is 12.1 Å². The molecular formula is C23H30N2O4. The number of nitrogens with one attached hydrogen (secondary N) is 1. The molecule has 6 heteroatoms. The Morgan fingerprint density at radius 3 is 2.14 bits per heavy atom. The molecule has 2 atom stereocenters. The van der Waals surface area contributed by atoms with Gasteiger partial charge in [0.25, 0.3) is 5.91 Å². The van der Waals surface area contributed by atoms with Gasteiger partial charge in [0.15, 0.2) is 0 Å². The number of rotatable bonds is 7. The van der Waals surface area contributed by atoms with Crippen molar-refractivity contribution >= 4 is 12.0 Å². The molecule has 0 heterocycles. The number of aliphatic hydroxyl groups excluding tert-OH is 1. The van der Waals surface area contributed by atoms with Crippen molar-refractivity contribution < 1.29 is 19.4 Å². The molecule has 156 valence electrons. The summed E-state index contributed by atoms with van der Waals surface area (Å²) < 4.78 is 5.34. The average molecular weight is 399 g/mol. The van der Waals surface area contributed by atoms with Crippen molar-refractivity contribution in [3.8, 4) is 0 Å². The lowest BCUT2D eigenvalue weighted by Crippen LogP contribution is -2.50. The van der Waals surface area contributed by atoms with Gasteiger partial charge in [-0.3, -0.25) is 4.79 Å². The van der Waals surface area contributed by atoms with Gasteiger partial charge in [0.1, 0.15) is 5.60 Å². The Morgan fingerprint density at radius 2 is 1.59 bits per heavy atom. The maximum absolute atomic E-state index is 12.6. The summed E-state index contributed by atoms with van der Waals surface area (Å²) in [5.74, 6) is -0.194. The second-order valence-corrected chi connectivity index (χ2v) is 8.06. The number of carbonyl (C=O) groups excluding carboxylic acids is 2. The van der Waals surface area contributed by atoms with Crippen LogP contribution in [0.4, 0.5) is 4.79 Å². The van der Waals surface area contributed by atoms with Crippen molar-refractivity contribution in [2.75, 3.05) is 13.6 Å². The number of amides is 2. The van der Waals surface area contributed by atoms with Gasteiger partial charge in [-0.2, -0.15) is 0 Å². The Hall–Kier alpha value is -2.86. The predicted molar refractivity (Wildman–Crippen MR) is 113 cm³/mol. The van der Waals surface area contributed by atoms with Gasteiger partial charge in [-0.05, 0) is 44.9 Å². The normalized spacial score (nSPS) is 13.3. The number of hydrogen-bond donors (Lipinski definition) is 2. The quantitative estimate of drug-likeness (QED) is 0.750. The minimum atomic E-state index is -0.972. The highest BCUT2D eigenvalue weighted by molar-refractivity contribution is 5.94. The van der Waals surface area contributed by atoms with E-state index < -0.39 is 23.8 Å². The van der Waals surface area contributed by atoms with Crippen LogP contribution in [0.5, 0.6) is 0 Å². The van der Waals surface area contributed by atoms with Crippen molar-refractivity contribution in [2.24, 2.45) is 0 Å². The van der Waals surface area contributed by atoms with E-state index in [1.165, 1.54) is 4.90 Å². The standard InChI is InChI=1S/C23H30N2O4/c1-23(2,3)29-22(28)24-19(15-17-11-7-5-8-12-17)20(26)16-25(4)21(27)18-13-9-6-10-14-18/h5-14,19-20,26H,15-16H2,1-4H3,(H,24,28)/t19-,20+/m1/s1. The molecule has 0 aromatic heterocycles. The van der Waals surface area contributed by atoms with Crippen molar-refractivity contribution in [3.63, 3.8) is 0 Å². The highest BCUT2D eigenvalue weighted by Gasteiger charge is 2.27. The Bertz CT molecular complexity index is 788. The molecule has 0 spiro atoms. The van der Waals surface area contributed by atoms with Gasteiger partial charge in [-0.15, -0.1) is 0 Å². The SMILES string of the molecule is CN(C[C@H](O)[C@@H](Cc1ccccc1)NC(=O)OC(C)(C)C)C(=O)c1ccccc1. The molecule has 0 saturated carbocycles. The number of alkyl carbamates (subject to hydrolysis) is 1. The topological polar surface area (TPSA) is 78.9 Å². The van der Waals surface area contributed by atoms with Gasteiger partial charge in [-0.25, -0.2) is 4.79 Å². The summed E-state index contributed by atoms with van der Waals surface area (Å²) in [5, 5.41) is 13.6. The van der Waals surface area contributed by atoms with Gasteiger partial charge < -0.3 is 20.1 Å². The second-order valence-electron chi connectivity index (χ2n) is 8.06. The summed E-state index contributed by atoms with van der Waals surface area (Å²) >= 11 is 0. The molecule has 2 rings (SSSR count). The number of benzene rings is 2. The lowest BCUT2D eigenvalue weighted by molar-refractivity contribution is 0.0371. The summed E-state index contributed by atoms with van der Waals surface area (Å²) in [6.07, 6.45) is -1.16. The number of hydrogen-bond acceptors (Lipinski definition) is 4. The summed E-state index contributed by atoms with van der Waals surface area (Å²) in [4.78, 5) is 26.3. The molecule has 0 fully saturated rings. The zero-order chi connectivity index (χ0) is 21.4. The van der Waals surface area contributed by atoms with E-state index in [2.05, 4.69) is 5.32 Å². The zero-order valence-electron chi connectivity index (χ0n) is 17.5. The third kappa shape index (κ3) is 7.58. The molecule has 2 aromatic carbocycles. The van der Waals surface area contributed by atoms with E-state index in [4.69, 9.17) is 4.74 Å². The third-order valence-electron chi connectivity index (χ3n) is 4.29. The summed E-state index contributed by atoms with van der Waals surface area (Å²) in [6, 6.07) is 17.8. The van der Waals surface area contributed by atoms with Crippen molar-refractivity contribution in [1.82, 2.24) is 10.2 Å². The van der Waals surface area contributed by atoms with Gasteiger partial charge >= 0.3 is 6.09 Å². The zero-order valence-corrected chi connectivity index (χ0v) is 17.5. The van der Waals surface area contributed by atoms with Gasteiger partial charge in [-0.1, -0.05) is 48.5 Å². The van der Waals surface area contributed by atoms with Gasteiger partial charge in [0.2, 0.25) is 0 Å². The van der Waals surface area contributed by atoms with Crippen LogP contribution in [-0.4, -0.2) is 53.3 Å². The van der Waals surface area contributed by atoms with Crippen molar-refractivity contribution in [3.05, 3.63) is 71.8 Å². The number of nitrogens with zero attached hydrogens (tertiary/aromatic N) is 1. The number of likely N-dealkylation sites (N-methyl/N-ethyl adjacent to an activating group) is 1. The molecular weight excluding hydrogens is 368 g/mol. The van der Waals surface area contributed by atoms with Crippen molar-refractivity contribution in [2.45, 2.75) is 44.9 Å². The summed E-state index contributed by atoms with van der Waals surface area (Å²) in [5.41, 5.74) is 0.860. The molecule has 0 aliphatic carbocycles. The first-order chi connectivity index (χ1) is 13.7. The van der Waals surface area contributed by atoms with Crippen molar-refractivity contribution in [1.29, 1.82) is 0 Å².